The van der Waals surface area contributed by atoms with Crippen LogP contribution in [0.15, 0.2) is 12.2 Å². The molecule has 0 aromatic rings. The quantitative estimate of drug-likeness (QED) is 0.262. The van der Waals surface area contributed by atoms with Crippen LogP contribution in [0.2, 0.25) is 0 Å². The van der Waals surface area contributed by atoms with Crippen LogP contribution in [-0.4, -0.2) is 11.9 Å². The van der Waals surface area contributed by atoms with E-state index in [0.717, 1.165) is 12.8 Å². The van der Waals surface area contributed by atoms with Gasteiger partial charge in [-0.1, -0.05) is 70.4 Å². The van der Waals surface area contributed by atoms with E-state index in [0.29, 0.717) is 6.04 Å². The molecule has 0 atom stereocenters. The first-order valence-corrected chi connectivity index (χ1v) is 10.3. The van der Waals surface area contributed by atoms with Gasteiger partial charge in [0, 0.05) is 12.5 Å². The topological polar surface area (TPSA) is 29.1 Å². The van der Waals surface area contributed by atoms with Crippen molar-refractivity contribution in [3.8, 4) is 0 Å². The largest absolute Gasteiger partial charge is 0.353 e. The average Bonchev–Trinajstić information content (AvgIpc) is 3.35. The lowest BCUT2D eigenvalue weighted by molar-refractivity contribution is -0.121. The van der Waals surface area contributed by atoms with E-state index < -0.39 is 0 Å². The SMILES string of the molecule is CCCCCCCC/C=C\CCCCCCCC(=O)NC1CC1. The highest BCUT2D eigenvalue weighted by molar-refractivity contribution is 5.76. The van der Waals surface area contributed by atoms with Crippen LogP contribution in [0, 0.1) is 0 Å². The zero-order valence-corrected chi connectivity index (χ0v) is 15.5. The smallest absolute Gasteiger partial charge is 0.220 e. The molecule has 2 nitrogen and oxygen atoms in total. The van der Waals surface area contributed by atoms with Crippen LogP contribution < -0.4 is 5.32 Å². The molecule has 0 aliphatic heterocycles. The van der Waals surface area contributed by atoms with E-state index in [1.165, 1.54) is 89.9 Å². The van der Waals surface area contributed by atoms with E-state index in [4.69, 9.17) is 0 Å². The van der Waals surface area contributed by atoms with Gasteiger partial charge < -0.3 is 5.32 Å². The molecule has 1 amide bonds. The summed E-state index contributed by atoms with van der Waals surface area (Å²) < 4.78 is 0. The lowest BCUT2D eigenvalue weighted by Crippen LogP contribution is -2.24. The molecule has 0 spiro atoms. The lowest BCUT2D eigenvalue weighted by atomic mass is 10.1. The molecule has 1 aliphatic carbocycles. The van der Waals surface area contributed by atoms with Gasteiger partial charge in [0.15, 0.2) is 0 Å². The minimum Gasteiger partial charge on any atom is -0.353 e. The van der Waals surface area contributed by atoms with Gasteiger partial charge in [0.05, 0.1) is 0 Å². The van der Waals surface area contributed by atoms with Crippen molar-refractivity contribution in [3.05, 3.63) is 12.2 Å². The maximum atomic E-state index is 11.5. The first-order chi connectivity index (χ1) is 11.3. The predicted octanol–water partition coefficient (Wildman–Crippen LogP) is 6.30. The van der Waals surface area contributed by atoms with Crippen molar-refractivity contribution >= 4 is 5.91 Å². The Morgan fingerprint density at radius 2 is 1.35 bits per heavy atom. The van der Waals surface area contributed by atoms with Gasteiger partial charge in [-0.25, -0.2) is 0 Å². The van der Waals surface area contributed by atoms with Crippen LogP contribution in [0.4, 0.5) is 0 Å². The third-order valence-corrected chi connectivity index (χ3v) is 4.61. The molecule has 1 fully saturated rings. The Labute approximate surface area is 144 Å². The van der Waals surface area contributed by atoms with Crippen LogP contribution >= 0.6 is 0 Å². The molecule has 0 unspecified atom stereocenters. The van der Waals surface area contributed by atoms with Gasteiger partial charge in [0.25, 0.3) is 0 Å². The summed E-state index contributed by atoms with van der Waals surface area (Å²) in [5, 5.41) is 3.06. The summed E-state index contributed by atoms with van der Waals surface area (Å²) in [6, 6.07) is 0.519. The van der Waals surface area contributed by atoms with Gasteiger partial charge in [-0.15, -0.1) is 0 Å². The van der Waals surface area contributed by atoms with Crippen LogP contribution in [0.3, 0.4) is 0 Å². The van der Waals surface area contributed by atoms with E-state index in [1.54, 1.807) is 0 Å². The van der Waals surface area contributed by atoms with E-state index in [-0.39, 0.29) is 5.91 Å². The Bertz CT molecular complexity index is 307. The maximum Gasteiger partial charge on any atom is 0.220 e. The molecular weight excluding hydrogens is 282 g/mol. The summed E-state index contributed by atoms with van der Waals surface area (Å²) in [7, 11) is 0. The number of unbranched alkanes of at least 4 members (excludes halogenated alkanes) is 11. The summed E-state index contributed by atoms with van der Waals surface area (Å²) in [6.45, 7) is 2.27. The Morgan fingerprint density at radius 1 is 0.826 bits per heavy atom. The second kappa shape index (κ2) is 14.8. The molecule has 1 rings (SSSR count). The summed E-state index contributed by atoms with van der Waals surface area (Å²) in [5.41, 5.74) is 0. The number of hydrogen-bond donors (Lipinski definition) is 1. The average molecular weight is 322 g/mol. The van der Waals surface area contributed by atoms with Gasteiger partial charge in [-0.2, -0.15) is 0 Å². The summed E-state index contributed by atoms with van der Waals surface area (Å²) in [6.07, 6.45) is 24.9. The monoisotopic (exact) mass is 321 g/mol. The summed E-state index contributed by atoms with van der Waals surface area (Å²) in [5.74, 6) is 0.269. The first kappa shape index (κ1) is 20.3. The zero-order chi connectivity index (χ0) is 16.6. The molecular formula is C21H39NO. The number of carbonyl (C=O) groups is 1. The molecule has 134 valence electrons. The van der Waals surface area contributed by atoms with Crippen molar-refractivity contribution in [1.82, 2.24) is 5.32 Å². The van der Waals surface area contributed by atoms with Crippen LogP contribution in [-0.2, 0) is 4.79 Å². The third-order valence-electron chi connectivity index (χ3n) is 4.61. The second-order valence-corrected chi connectivity index (χ2v) is 7.18. The molecule has 1 N–H and O–H groups in total. The fourth-order valence-corrected chi connectivity index (χ4v) is 2.88. The highest BCUT2D eigenvalue weighted by atomic mass is 16.1. The minimum atomic E-state index is 0.269. The number of nitrogens with one attached hydrogen (secondary N) is 1. The van der Waals surface area contributed by atoms with Crippen LogP contribution in [0.1, 0.15) is 110 Å². The number of hydrogen-bond acceptors (Lipinski definition) is 1. The number of carbonyl (C=O) groups excluding carboxylic acids is 1. The second-order valence-electron chi connectivity index (χ2n) is 7.18. The molecule has 0 saturated heterocycles. The Kier molecular flexibility index (Phi) is 13.0. The van der Waals surface area contributed by atoms with Crippen molar-refractivity contribution in [3.63, 3.8) is 0 Å². The van der Waals surface area contributed by atoms with Crippen LogP contribution in [0.5, 0.6) is 0 Å². The maximum absolute atomic E-state index is 11.5. The highest BCUT2D eigenvalue weighted by Gasteiger charge is 2.22. The van der Waals surface area contributed by atoms with Gasteiger partial charge in [0.1, 0.15) is 0 Å². The van der Waals surface area contributed by atoms with Crippen molar-refractivity contribution in [1.29, 1.82) is 0 Å². The van der Waals surface area contributed by atoms with Crippen molar-refractivity contribution < 1.29 is 4.79 Å². The van der Waals surface area contributed by atoms with E-state index in [1.807, 2.05) is 0 Å². The fourth-order valence-electron chi connectivity index (χ4n) is 2.88. The van der Waals surface area contributed by atoms with Gasteiger partial charge in [-0.3, -0.25) is 4.79 Å². The van der Waals surface area contributed by atoms with Gasteiger partial charge in [-0.05, 0) is 44.9 Å². The first-order valence-electron chi connectivity index (χ1n) is 10.3. The van der Waals surface area contributed by atoms with Crippen molar-refractivity contribution in [2.45, 2.75) is 116 Å². The molecule has 2 heteroatoms. The van der Waals surface area contributed by atoms with E-state index >= 15 is 0 Å². The zero-order valence-electron chi connectivity index (χ0n) is 15.5. The summed E-state index contributed by atoms with van der Waals surface area (Å²) >= 11 is 0. The number of amides is 1. The predicted molar refractivity (Wildman–Crippen MR) is 101 cm³/mol. The molecule has 1 saturated carbocycles. The summed E-state index contributed by atoms with van der Waals surface area (Å²) in [4.78, 5) is 11.5. The number of rotatable bonds is 16. The molecule has 1 aliphatic rings. The standard InChI is InChI=1S/C21H39NO/c1-2-3-4-5-6-7-8-9-10-11-12-13-14-15-16-17-21(23)22-20-18-19-20/h9-10,20H,2-8,11-19H2,1H3,(H,22,23)/b10-9-. The van der Waals surface area contributed by atoms with Crippen LogP contribution in [0.25, 0.3) is 0 Å². The minimum absolute atomic E-state index is 0.269. The van der Waals surface area contributed by atoms with Crippen molar-refractivity contribution in [2.75, 3.05) is 0 Å². The Balaban J connectivity index is 1.71. The van der Waals surface area contributed by atoms with Gasteiger partial charge >= 0.3 is 0 Å². The van der Waals surface area contributed by atoms with E-state index in [9.17, 15) is 4.79 Å². The normalized spacial score (nSPS) is 14.5. The number of allylic oxidation sites excluding steroid dienone is 2. The molecule has 0 aromatic carbocycles. The lowest BCUT2D eigenvalue weighted by Gasteiger charge is -2.03. The van der Waals surface area contributed by atoms with Crippen molar-refractivity contribution in [2.24, 2.45) is 0 Å². The molecule has 0 bridgehead atoms. The molecule has 0 radical (unpaired) electrons. The Hall–Kier alpha value is -0.790. The molecule has 23 heavy (non-hydrogen) atoms. The third kappa shape index (κ3) is 14.5. The highest BCUT2D eigenvalue weighted by Crippen LogP contribution is 2.19. The van der Waals surface area contributed by atoms with E-state index in [2.05, 4.69) is 24.4 Å². The fraction of sp³-hybridized carbons (Fsp3) is 0.857. The Morgan fingerprint density at radius 3 is 1.91 bits per heavy atom. The van der Waals surface area contributed by atoms with Gasteiger partial charge in [0.2, 0.25) is 5.91 Å². The molecule has 0 heterocycles. The molecule has 0 aromatic heterocycles.